The van der Waals surface area contributed by atoms with Gasteiger partial charge in [-0.15, -0.1) is 0 Å². The Morgan fingerprint density at radius 3 is 1.64 bits per heavy atom. The molecule has 2 rings (SSSR count). The van der Waals surface area contributed by atoms with Gasteiger partial charge in [0.05, 0.1) is 21.3 Å². The van der Waals surface area contributed by atoms with E-state index in [1.54, 1.807) is 21.3 Å². The second-order valence-electron chi connectivity index (χ2n) is 6.86. The Balaban J connectivity index is 2.02. The van der Waals surface area contributed by atoms with Crippen molar-refractivity contribution in [2.45, 2.75) is 33.6 Å². The van der Waals surface area contributed by atoms with E-state index in [1.165, 1.54) is 16.7 Å². The van der Waals surface area contributed by atoms with Crippen molar-refractivity contribution in [3.63, 3.8) is 0 Å². The van der Waals surface area contributed by atoms with E-state index >= 15 is 0 Å². The van der Waals surface area contributed by atoms with Crippen molar-refractivity contribution in [1.29, 1.82) is 0 Å². The maximum Gasteiger partial charge on any atom is 0.160 e. The van der Waals surface area contributed by atoms with Crippen LogP contribution < -0.4 is 14.2 Å². The molecule has 2 aromatic carbocycles. The zero-order valence-electron chi connectivity index (χ0n) is 16.3. The molecule has 0 aliphatic carbocycles. The topological polar surface area (TPSA) is 27.7 Å². The van der Waals surface area contributed by atoms with E-state index in [0.717, 1.165) is 30.1 Å². The first-order valence-electron chi connectivity index (χ1n) is 8.82. The molecule has 0 aliphatic heterocycles. The highest BCUT2D eigenvalue weighted by Gasteiger charge is 2.15. The van der Waals surface area contributed by atoms with E-state index in [0.29, 0.717) is 11.8 Å². The average molecular weight is 342 g/mol. The van der Waals surface area contributed by atoms with Crippen LogP contribution >= 0.6 is 0 Å². The Bertz CT molecular complexity index is 694. The molecule has 136 valence electrons. The van der Waals surface area contributed by atoms with Crippen LogP contribution in [0, 0.1) is 18.8 Å². The molecule has 25 heavy (non-hydrogen) atoms. The van der Waals surface area contributed by atoms with Gasteiger partial charge in [0.2, 0.25) is 0 Å². The minimum atomic E-state index is 0.570. The molecule has 2 aromatic rings. The Kier molecular flexibility index (Phi) is 6.74. The molecular weight excluding hydrogens is 312 g/mol. The fourth-order valence-corrected chi connectivity index (χ4v) is 3.22. The second-order valence-corrected chi connectivity index (χ2v) is 6.86. The number of hydrogen-bond acceptors (Lipinski definition) is 3. The van der Waals surface area contributed by atoms with Gasteiger partial charge in [-0.05, 0) is 66.5 Å². The Morgan fingerprint density at radius 2 is 1.16 bits per heavy atom. The van der Waals surface area contributed by atoms with Crippen LogP contribution in [0.2, 0.25) is 0 Å². The molecule has 0 radical (unpaired) electrons. The number of aryl methyl sites for hydroxylation is 1. The first-order chi connectivity index (χ1) is 12.0. The van der Waals surface area contributed by atoms with Gasteiger partial charge in [-0.3, -0.25) is 0 Å². The number of methoxy groups -OCH3 is 3. The van der Waals surface area contributed by atoms with Crippen LogP contribution in [-0.2, 0) is 12.8 Å². The fourth-order valence-electron chi connectivity index (χ4n) is 3.22. The summed E-state index contributed by atoms with van der Waals surface area (Å²) < 4.78 is 16.1. The first-order valence-corrected chi connectivity index (χ1v) is 8.82. The molecule has 3 heteroatoms. The molecular formula is C22H30O3. The number of benzene rings is 2. The summed E-state index contributed by atoms with van der Waals surface area (Å²) in [5.41, 5.74) is 3.84. The van der Waals surface area contributed by atoms with E-state index in [4.69, 9.17) is 14.2 Å². The van der Waals surface area contributed by atoms with Crippen LogP contribution in [0.3, 0.4) is 0 Å². The van der Waals surface area contributed by atoms with Gasteiger partial charge in [0.15, 0.2) is 11.5 Å². The van der Waals surface area contributed by atoms with Crippen LogP contribution in [0.1, 0.15) is 30.5 Å². The zero-order chi connectivity index (χ0) is 18.4. The molecule has 0 aromatic heterocycles. The van der Waals surface area contributed by atoms with Crippen molar-refractivity contribution in [3.05, 3.63) is 53.1 Å². The van der Waals surface area contributed by atoms with Crippen LogP contribution in [-0.4, -0.2) is 21.3 Å². The third kappa shape index (κ3) is 4.91. The van der Waals surface area contributed by atoms with Crippen molar-refractivity contribution in [3.8, 4) is 17.2 Å². The maximum atomic E-state index is 5.41. The normalized spacial score (nSPS) is 13.2. The number of rotatable bonds is 8. The van der Waals surface area contributed by atoms with Crippen LogP contribution in [0.4, 0.5) is 0 Å². The molecule has 3 nitrogen and oxygen atoms in total. The summed E-state index contributed by atoms with van der Waals surface area (Å²) in [5, 5.41) is 0. The Hall–Kier alpha value is -2.16. The minimum absolute atomic E-state index is 0.570. The third-order valence-corrected chi connectivity index (χ3v) is 4.99. The van der Waals surface area contributed by atoms with Crippen molar-refractivity contribution < 1.29 is 14.2 Å². The summed E-state index contributed by atoms with van der Waals surface area (Å²) in [6.07, 6.45) is 2.09. The average Bonchev–Trinajstić information content (AvgIpc) is 2.61. The molecule has 0 aliphatic rings. The summed E-state index contributed by atoms with van der Waals surface area (Å²) in [5.74, 6) is 3.68. The SMILES string of the molecule is COc1ccc(C[C@H](C)[C@H](C)Cc2ccc(OC)c(OC)c2)cc1C. The van der Waals surface area contributed by atoms with Gasteiger partial charge in [-0.2, -0.15) is 0 Å². The molecule has 0 heterocycles. The summed E-state index contributed by atoms with van der Waals surface area (Å²) >= 11 is 0. The molecule has 0 N–H and O–H groups in total. The first kappa shape index (κ1) is 19.2. The van der Waals surface area contributed by atoms with Crippen LogP contribution in [0.25, 0.3) is 0 Å². The number of ether oxygens (including phenoxy) is 3. The predicted octanol–water partition coefficient (Wildman–Crippen LogP) is 5.08. The molecule has 0 saturated carbocycles. The summed E-state index contributed by atoms with van der Waals surface area (Å²) in [6, 6.07) is 12.7. The Morgan fingerprint density at radius 1 is 0.680 bits per heavy atom. The monoisotopic (exact) mass is 342 g/mol. The minimum Gasteiger partial charge on any atom is -0.496 e. The van der Waals surface area contributed by atoms with E-state index in [9.17, 15) is 0 Å². The van der Waals surface area contributed by atoms with Crippen LogP contribution in [0.15, 0.2) is 36.4 Å². The number of hydrogen-bond donors (Lipinski definition) is 0. The zero-order valence-corrected chi connectivity index (χ0v) is 16.3. The van der Waals surface area contributed by atoms with Crippen molar-refractivity contribution in [2.24, 2.45) is 11.8 Å². The van der Waals surface area contributed by atoms with Crippen molar-refractivity contribution >= 4 is 0 Å². The van der Waals surface area contributed by atoms with Gasteiger partial charge >= 0.3 is 0 Å². The highest BCUT2D eigenvalue weighted by atomic mass is 16.5. The summed E-state index contributed by atoms with van der Waals surface area (Å²) in [4.78, 5) is 0. The quantitative estimate of drug-likeness (QED) is 0.670. The largest absolute Gasteiger partial charge is 0.496 e. The maximum absolute atomic E-state index is 5.41. The third-order valence-electron chi connectivity index (χ3n) is 4.99. The molecule has 0 fully saturated rings. The van der Waals surface area contributed by atoms with E-state index in [1.807, 2.05) is 6.07 Å². The van der Waals surface area contributed by atoms with E-state index < -0.39 is 0 Å². The Labute approximate surface area is 151 Å². The molecule has 0 bridgehead atoms. The van der Waals surface area contributed by atoms with Gasteiger partial charge in [-0.25, -0.2) is 0 Å². The highest BCUT2D eigenvalue weighted by molar-refractivity contribution is 5.43. The van der Waals surface area contributed by atoms with Crippen molar-refractivity contribution in [1.82, 2.24) is 0 Å². The smallest absolute Gasteiger partial charge is 0.160 e. The molecule has 2 atom stereocenters. The molecule has 0 spiro atoms. The lowest BCUT2D eigenvalue weighted by Crippen LogP contribution is -2.14. The van der Waals surface area contributed by atoms with Gasteiger partial charge in [0.25, 0.3) is 0 Å². The molecule has 0 saturated heterocycles. The predicted molar refractivity (Wildman–Crippen MR) is 103 cm³/mol. The molecule has 0 unspecified atom stereocenters. The standard InChI is InChI=1S/C22H30O3/c1-15(11-18-7-9-20(23-4)17(3)13-18)16(2)12-19-8-10-21(24-5)22(14-19)25-6/h7-10,13-16H,11-12H2,1-6H3/t15-,16+/m0/s1. The van der Waals surface area contributed by atoms with Gasteiger partial charge in [0.1, 0.15) is 5.75 Å². The fraction of sp³-hybridized carbons (Fsp3) is 0.455. The van der Waals surface area contributed by atoms with Crippen molar-refractivity contribution in [2.75, 3.05) is 21.3 Å². The summed E-state index contributed by atoms with van der Waals surface area (Å²) in [7, 11) is 5.06. The summed E-state index contributed by atoms with van der Waals surface area (Å²) in [6.45, 7) is 6.74. The lowest BCUT2D eigenvalue weighted by molar-refractivity contribution is 0.352. The highest BCUT2D eigenvalue weighted by Crippen LogP contribution is 2.30. The van der Waals surface area contributed by atoms with Crippen LogP contribution in [0.5, 0.6) is 17.2 Å². The second kappa shape index (κ2) is 8.80. The van der Waals surface area contributed by atoms with Gasteiger partial charge < -0.3 is 14.2 Å². The van der Waals surface area contributed by atoms with Gasteiger partial charge in [0, 0.05) is 0 Å². The lowest BCUT2D eigenvalue weighted by Gasteiger charge is -2.21. The lowest BCUT2D eigenvalue weighted by atomic mass is 9.85. The van der Waals surface area contributed by atoms with E-state index in [2.05, 4.69) is 51.1 Å². The van der Waals surface area contributed by atoms with E-state index in [-0.39, 0.29) is 0 Å². The molecule has 0 amide bonds. The van der Waals surface area contributed by atoms with Gasteiger partial charge in [-0.1, -0.05) is 32.0 Å².